The van der Waals surface area contributed by atoms with Crippen molar-refractivity contribution < 1.29 is 8.42 Å². The largest absolute Gasteiger partial charge is 0.298 e. The van der Waals surface area contributed by atoms with E-state index in [4.69, 9.17) is 10.7 Å². The van der Waals surface area contributed by atoms with E-state index in [0.29, 0.717) is 5.92 Å². The van der Waals surface area contributed by atoms with E-state index in [1.807, 2.05) is 13.8 Å². The van der Waals surface area contributed by atoms with Crippen LogP contribution in [-0.2, 0) is 9.05 Å². The number of rotatable bonds is 3. The average molecular weight is 250 g/mol. The molecule has 1 aliphatic carbocycles. The Bertz CT molecular complexity index is 476. The van der Waals surface area contributed by atoms with Crippen molar-refractivity contribution in [3.05, 3.63) is 5.82 Å². The van der Waals surface area contributed by atoms with E-state index in [0.717, 1.165) is 18.7 Å². The van der Waals surface area contributed by atoms with Crippen molar-refractivity contribution >= 4 is 19.7 Å². The van der Waals surface area contributed by atoms with Crippen LogP contribution in [0.4, 0.5) is 0 Å². The monoisotopic (exact) mass is 249 g/mol. The molecule has 0 saturated heterocycles. The topological polar surface area (TPSA) is 64.8 Å². The summed E-state index contributed by atoms with van der Waals surface area (Å²) >= 11 is 0. The quantitative estimate of drug-likeness (QED) is 0.765. The van der Waals surface area contributed by atoms with Gasteiger partial charge in [0.25, 0.3) is 14.2 Å². The van der Waals surface area contributed by atoms with Crippen molar-refractivity contribution in [2.45, 2.75) is 43.8 Å². The fourth-order valence-electron chi connectivity index (χ4n) is 1.56. The Morgan fingerprint density at radius 1 is 1.40 bits per heavy atom. The van der Waals surface area contributed by atoms with Gasteiger partial charge >= 0.3 is 0 Å². The van der Waals surface area contributed by atoms with Gasteiger partial charge in [0.1, 0.15) is 5.82 Å². The van der Waals surface area contributed by atoms with Gasteiger partial charge in [-0.15, -0.1) is 10.2 Å². The zero-order valence-corrected chi connectivity index (χ0v) is 10.1. The molecule has 5 nitrogen and oxygen atoms in total. The maximum Gasteiger partial charge on any atom is 0.296 e. The highest BCUT2D eigenvalue weighted by Gasteiger charge is 2.33. The van der Waals surface area contributed by atoms with Gasteiger partial charge in [0.15, 0.2) is 0 Å². The van der Waals surface area contributed by atoms with Gasteiger partial charge in [-0.25, -0.2) is 8.42 Å². The molecule has 1 saturated carbocycles. The molecular formula is C8H12ClN3O2S. The van der Waals surface area contributed by atoms with Gasteiger partial charge in [0.2, 0.25) is 0 Å². The molecule has 2 rings (SSSR count). The highest BCUT2D eigenvalue weighted by atomic mass is 35.7. The fraction of sp³-hybridized carbons (Fsp3) is 0.750. The molecule has 1 aliphatic rings. The molecule has 0 aliphatic heterocycles. The molecule has 1 aromatic heterocycles. The van der Waals surface area contributed by atoms with E-state index in [9.17, 15) is 8.42 Å². The van der Waals surface area contributed by atoms with Crippen LogP contribution in [0.15, 0.2) is 5.16 Å². The number of halogens is 1. The summed E-state index contributed by atoms with van der Waals surface area (Å²) in [7, 11) is 1.49. The highest BCUT2D eigenvalue weighted by Crippen LogP contribution is 2.40. The first-order valence-corrected chi connectivity index (χ1v) is 7.11. The Morgan fingerprint density at radius 3 is 2.40 bits per heavy atom. The summed E-state index contributed by atoms with van der Waals surface area (Å²) in [6.07, 6.45) is 2.10. The molecule has 84 valence electrons. The number of nitrogens with zero attached hydrogens (tertiary/aromatic N) is 3. The molecule has 0 amide bonds. The smallest absolute Gasteiger partial charge is 0.296 e. The predicted octanol–water partition coefficient (Wildman–Crippen LogP) is 1.66. The highest BCUT2D eigenvalue weighted by molar-refractivity contribution is 8.13. The molecule has 0 unspecified atom stereocenters. The van der Waals surface area contributed by atoms with Crippen molar-refractivity contribution in [1.82, 2.24) is 14.8 Å². The first-order chi connectivity index (χ1) is 6.91. The van der Waals surface area contributed by atoms with Crippen LogP contribution in [0.25, 0.3) is 0 Å². The molecular weight excluding hydrogens is 238 g/mol. The third kappa shape index (κ3) is 2.01. The number of hydrogen-bond acceptors (Lipinski definition) is 4. The molecule has 1 heterocycles. The first-order valence-electron chi connectivity index (χ1n) is 4.80. The summed E-state index contributed by atoms with van der Waals surface area (Å²) in [5.74, 6) is 1.09. The van der Waals surface area contributed by atoms with E-state index in [1.165, 1.54) is 0 Å². The zero-order chi connectivity index (χ0) is 11.2. The minimum atomic E-state index is -3.80. The molecule has 0 spiro atoms. The van der Waals surface area contributed by atoms with Crippen molar-refractivity contribution in [2.24, 2.45) is 0 Å². The second-order valence-electron chi connectivity index (χ2n) is 4.02. The Kier molecular flexibility index (Phi) is 2.50. The van der Waals surface area contributed by atoms with Crippen molar-refractivity contribution in [1.29, 1.82) is 0 Å². The normalized spacial score (nSPS) is 17.3. The van der Waals surface area contributed by atoms with Gasteiger partial charge in [-0.2, -0.15) is 0 Å². The van der Waals surface area contributed by atoms with Crippen LogP contribution >= 0.6 is 10.7 Å². The van der Waals surface area contributed by atoms with Crippen LogP contribution < -0.4 is 0 Å². The lowest BCUT2D eigenvalue weighted by Crippen LogP contribution is -2.11. The lowest BCUT2D eigenvalue weighted by Gasteiger charge is -2.11. The molecule has 0 N–H and O–H groups in total. The van der Waals surface area contributed by atoms with Crippen LogP contribution in [0, 0.1) is 0 Å². The lowest BCUT2D eigenvalue weighted by atomic mass is 10.3. The molecule has 0 atom stereocenters. The van der Waals surface area contributed by atoms with Gasteiger partial charge in [-0.05, 0) is 26.7 Å². The summed E-state index contributed by atoms with van der Waals surface area (Å²) in [6.45, 7) is 3.78. The molecule has 1 fully saturated rings. The van der Waals surface area contributed by atoms with Crippen LogP contribution in [0.2, 0.25) is 0 Å². The molecule has 0 bridgehead atoms. The van der Waals surface area contributed by atoms with Crippen LogP contribution in [0.1, 0.15) is 44.5 Å². The summed E-state index contributed by atoms with van der Waals surface area (Å²) in [6, 6.07) is -0.000810. The van der Waals surface area contributed by atoms with E-state index in [-0.39, 0.29) is 11.2 Å². The Labute approximate surface area is 92.9 Å². The minimum Gasteiger partial charge on any atom is -0.298 e. The van der Waals surface area contributed by atoms with Crippen LogP contribution in [0.3, 0.4) is 0 Å². The second-order valence-corrected chi connectivity index (χ2v) is 6.48. The second kappa shape index (κ2) is 3.45. The molecule has 15 heavy (non-hydrogen) atoms. The summed E-state index contributed by atoms with van der Waals surface area (Å²) in [5, 5.41) is 7.44. The summed E-state index contributed by atoms with van der Waals surface area (Å²) < 4.78 is 24.1. The summed E-state index contributed by atoms with van der Waals surface area (Å²) in [5.41, 5.74) is 0. The third-order valence-electron chi connectivity index (χ3n) is 2.37. The van der Waals surface area contributed by atoms with Gasteiger partial charge in [0, 0.05) is 22.6 Å². The van der Waals surface area contributed by atoms with E-state index in [2.05, 4.69) is 10.2 Å². The molecule has 1 aromatic rings. The van der Waals surface area contributed by atoms with E-state index >= 15 is 0 Å². The van der Waals surface area contributed by atoms with Gasteiger partial charge in [0.05, 0.1) is 0 Å². The number of aromatic nitrogens is 3. The fourth-order valence-corrected chi connectivity index (χ4v) is 2.55. The van der Waals surface area contributed by atoms with E-state index in [1.54, 1.807) is 4.57 Å². The van der Waals surface area contributed by atoms with Crippen molar-refractivity contribution in [2.75, 3.05) is 0 Å². The molecule has 0 aromatic carbocycles. The summed E-state index contributed by atoms with van der Waals surface area (Å²) in [4.78, 5) is 0. The SMILES string of the molecule is CC(C)n1c(C2CC2)nnc1S(=O)(=O)Cl. The maximum atomic E-state index is 11.3. The molecule has 7 heteroatoms. The Balaban J connectivity index is 2.56. The van der Waals surface area contributed by atoms with Crippen LogP contribution in [0.5, 0.6) is 0 Å². The Hall–Kier alpha value is -0.620. The standard InChI is InChI=1S/C8H12ClN3O2S/c1-5(2)12-7(6-3-4-6)10-11-8(12)15(9,13)14/h5-6H,3-4H2,1-2H3. The van der Waals surface area contributed by atoms with Gasteiger partial charge < -0.3 is 0 Å². The average Bonchev–Trinajstić information content (AvgIpc) is 2.81. The zero-order valence-electron chi connectivity index (χ0n) is 8.51. The van der Waals surface area contributed by atoms with Crippen molar-refractivity contribution in [3.63, 3.8) is 0 Å². The van der Waals surface area contributed by atoms with Crippen LogP contribution in [-0.4, -0.2) is 23.2 Å². The first kappa shape index (κ1) is 10.9. The van der Waals surface area contributed by atoms with E-state index < -0.39 is 9.05 Å². The molecule has 0 radical (unpaired) electrons. The number of hydrogen-bond donors (Lipinski definition) is 0. The lowest BCUT2D eigenvalue weighted by molar-refractivity contribution is 0.509. The predicted molar refractivity (Wildman–Crippen MR) is 55.4 cm³/mol. The van der Waals surface area contributed by atoms with Gasteiger partial charge in [-0.1, -0.05) is 0 Å². The van der Waals surface area contributed by atoms with Gasteiger partial charge in [-0.3, -0.25) is 4.57 Å². The minimum absolute atomic E-state index is 0.000810. The van der Waals surface area contributed by atoms with Crippen molar-refractivity contribution in [3.8, 4) is 0 Å². The Morgan fingerprint density at radius 2 is 2.00 bits per heavy atom. The maximum absolute atomic E-state index is 11.3. The third-order valence-corrected chi connectivity index (χ3v) is 3.50.